The van der Waals surface area contributed by atoms with Gasteiger partial charge >= 0.3 is 5.97 Å². The fraction of sp³-hybridized carbons (Fsp3) is 0.333. The van der Waals surface area contributed by atoms with Crippen LogP contribution < -0.4 is 10.1 Å². The molecule has 1 amide bonds. The normalized spacial score (nSPS) is 11.3. The van der Waals surface area contributed by atoms with Crippen molar-refractivity contribution in [1.29, 1.82) is 0 Å². The van der Waals surface area contributed by atoms with E-state index in [-0.39, 0.29) is 23.6 Å². The quantitative estimate of drug-likeness (QED) is 0.641. The number of anilines is 1. The number of rotatable bonds is 8. The predicted octanol–water partition coefficient (Wildman–Crippen LogP) is 2.61. The van der Waals surface area contributed by atoms with Crippen molar-refractivity contribution in [3.05, 3.63) is 53.1 Å². The zero-order chi connectivity index (χ0) is 22.5. The highest BCUT2D eigenvalue weighted by molar-refractivity contribution is 7.89. The van der Waals surface area contributed by atoms with Crippen molar-refractivity contribution in [2.24, 2.45) is 0 Å². The van der Waals surface area contributed by atoms with Gasteiger partial charge in [-0.05, 0) is 54.8 Å². The molecule has 1 N–H and O–H groups in total. The van der Waals surface area contributed by atoms with Crippen molar-refractivity contribution >= 4 is 27.6 Å². The SMILES string of the molecule is COC(=O)c1ccc(C)c(NC(=O)CCc2cc(S(=O)(=O)N(C)C)ccc2OC)c1. The van der Waals surface area contributed by atoms with E-state index in [1.54, 1.807) is 24.3 Å². The van der Waals surface area contributed by atoms with E-state index in [4.69, 9.17) is 9.47 Å². The largest absolute Gasteiger partial charge is 0.496 e. The number of carbonyl (C=O) groups is 2. The maximum Gasteiger partial charge on any atom is 0.337 e. The van der Waals surface area contributed by atoms with E-state index in [1.807, 2.05) is 6.92 Å². The van der Waals surface area contributed by atoms with Crippen LogP contribution in [0.15, 0.2) is 41.3 Å². The van der Waals surface area contributed by atoms with Crippen molar-refractivity contribution in [3.63, 3.8) is 0 Å². The number of amides is 1. The Kier molecular flexibility index (Phi) is 7.58. The zero-order valence-electron chi connectivity index (χ0n) is 17.7. The van der Waals surface area contributed by atoms with Crippen molar-refractivity contribution in [2.45, 2.75) is 24.7 Å². The minimum Gasteiger partial charge on any atom is -0.496 e. The van der Waals surface area contributed by atoms with Gasteiger partial charge in [-0.3, -0.25) is 4.79 Å². The smallest absolute Gasteiger partial charge is 0.337 e. The molecular formula is C21H26N2O6S. The van der Waals surface area contributed by atoms with Gasteiger partial charge in [-0.25, -0.2) is 17.5 Å². The lowest BCUT2D eigenvalue weighted by atomic mass is 10.1. The van der Waals surface area contributed by atoms with E-state index in [9.17, 15) is 18.0 Å². The van der Waals surface area contributed by atoms with Crippen LogP contribution in [-0.2, 0) is 26.0 Å². The van der Waals surface area contributed by atoms with Crippen LogP contribution in [0.4, 0.5) is 5.69 Å². The minimum absolute atomic E-state index is 0.101. The molecule has 2 rings (SSSR count). The Morgan fingerprint density at radius 1 is 1.07 bits per heavy atom. The van der Waals surface area contributed by atoms with Crippen LogP contribution in [0.5, 0.6) is 5.75 Å². The summed E-state index contributed by atoms with van der Waals surface area (Å²) in [6, 6.07) is 9.47. The number of methoxy groups -OCH3 is 2. The molecule has 0 aliphatic rings. The monoisotopic (exact) mass is 434 g/mol. The highest BCUT2D eigenvalue weighted by Crippen LogP contribution is 2.25. The third-order valence-electron chi connectivity index (χ3n) is 4.58. The summed E-state index contributed by atoms with van der Waals surface area (Å²) in [5.41, 5.74) is 2.25. The second-order valence-electron chi connectivity index (χ2n) is 6.83. The van der Waals surface area contributed by atoms with Gasteiger partial charge in [-0.2, -0.15) is 0 Å². The number of ether oxygens (including phenoxy) is 2. The summed E-state index contributed by atoms with van der Waals surface area (Å²) in [5.74, 6) is -0.262. The fourth-order valence-electron chi connectivity index (χ4n) is 2.78. The van der Waals surface area contributed by atoms with Crippen molar-refractivity contribution in [1.82, 2.24) is 4.31 Å². The van der Waals surface area contributed by atoms with Crippen LogP contribution in [-0.4, -0.2) is 52.9 Å². The Morgan fingerprint density at radius 2 is 1.77 bits per heavy atom. The summed E-state index contributed by atoms with van der Waals surface area (Å²) in [7, 11) is 2.09. The summed E-state index contributed by atoms with van der Waals surface area (Å²) in [4.78, 5) is 24.3. The molecule has 0 saturated heterocycles. The van der Waals surface area contributed by atoms with Crippen LogP contribution in [0.25, 0.3) is 0 Å². The van der Waals surface area contributed by atoms with E-state index >= 15 is 0 Å². The highest BCUT2D eigenvalue weighted by atomic mass is 32.2. The number of hydrogen-bond acceptors (Lipinski definition) is 6. The Morgan fingerprint density at radius 3 is 2.37 bits per heavy atom. The number of carbonyl (C=O) groups excluding carboxylic acids is 2. The molecule has 0 aliphatic heterocycles. The third-order valence-corrected chi connectivity index (χ3v) is 6.40. The van der Waals surface area contributed by atoms with E-state index < -0.39 is 16.0 Å². The average molecular weight is 435 g/mol. The number of sulfonamides is 1. The molecule has 162 valence electrons. The van der Waals surface area contributed by atoms with Crippen molar-refractivity contribution in [3.8, 4) is 5.75 Å². The molecule has 2 aromatic carbocycles. The lowest BCUT2D eigenvalue weighted by molar-refractivity contribution is -0.116. The number of nitrogens with zero attached hydrogens (tertiary/aromatic N) is 1. The maximum atomic E-state index is 12.5. The predicted molar refractivity (Wildman–Crippen MR) is 113 cm³/mol. The van der Waals surface area contributed by atoms with Gasteiger partial charge < -0.3 is 14.8 Å². The van der Waals surface area contributed by atoms with Crippen LogP contribution in [0.3, 0.4) is 0 Å². The number of esters is 1. The molecule has 0 atom stereocenters. The number of hydrogen-bond donors (Lipinski definition) is 1. The molecule has 2 aromatic rings. The second-order valence-corrected chi connectivity index (χ2v) is 8.98. The van der Waals surface area contributed by atoms with E-state index in [0.29, 0.717) is 22.6 Å². The Hall–Kier alpha value is -2.91. The summed E-state index contributed by atoms with van der Waals surface area (Å²) in [6.45, 7) is 1.81. The Bertz CT molecular complexity index is 1050. The molecule has 0 aromatic heterocycles. The number of aryl methyl sites for hydroxylation is 2. The lowest BCUT2D eigenvalue weighted by Gasteiger charge is -2.15. The zero-order valence-corrected chi connectivity index (χ0v) is 18.5. The van der Waals surface area contributed by atoms with Crippen molar-refractivity contribution < 1.29 is 27.5 Å². The number of nitrogens with one attached hydrogen (secondary N) is 1. The van der Waals surface area contributed by atoms with Gasteiger partial charge in [0.15, 0.2) is 0 Å². The lowest BCUT2D eigenvalue weighted by Crippen LogP contribution is -2.22. The molecule has 0 fully saturated rings. The van der Waals surface area contributed by atoms with E-state index in [1.165, 1.54) is 40.4 Å². The summed E-state index contributed by atoms with van der Waals surface area (Å²) in [6.07, 6.45) is 0.380. The molecular weight excluding hydrogens is 408 g/mol. The molecule has 9 heteroatoms. The standard InChI is InChI=1S/C21H26N2O6S/c1-14-6-7-16(21(25)29-5)13-18(14)22-20(24)11-8-15-12-17(9-10-19(15)28-4)30(26,27)23(2)3/h6-7,9-10,12-13H,8,11H2,1-5H3,(H,22,24). The van der Waals surface area contributed by atoms with E-state index in [2.05, 4.69) is 5.32 Å². The van der Waals surface area contributed by atoms with Crippen LogP contribution in [0, 0.1) is 6.92 Å². The summed E-state index contributed by atoms with van der Waals surface area (Å²) >= 11 is 0. The van der Waals surface area contributed by atoms with Gasteiger partial charge in [-0.1, -0.05) is 6.07 Å². The van der Waals surface area contributed by atoms with Crippen LogP contribution in [0.2, 0.25) is 0 Å². The van der Waals surface area contributed by atoms with Crippen LogP contribution in [0.1, 0.15) is 27.9 Å². The van der Waals surface area contributed by atoms with Gasteiger partial charge in [0.2, 0.25) is 15.9 Å². The third kappa shape index (κ3) is 5.37. The summed E-state index contributed by atoms with van der Waals surface area (Å²) in [5, 5.41) is 2.79. The first-order valence-electron chi connectivity index (χ1n) is 9.18. The molecule has 30 heavy (non-hydrogen) atoms. The molecule has 0 heterocycles. The Labute approximate surface area is 176 Å². The highest BCUT2D eigenvalue weighted by Gasteiger charge is 2.19. The number of benzene rings is 2. The molecule has 0 spiro atoms. The van der Waals surface area contributed by atoms with Gasteiger partial charge in [0, 0.05) is 26.2 Å². The second kappa shape index (κ2) is 9.73. The molecule has 0 radical (unpaired) electrons. The Balaban J connectivity index is 2.17. The molecule has 0 bridgehead atoms. The minimum atomic E-state index is -3.60. The van der Waals surface area contributed by atoms with Gasteiger partial charge in [0.05, 0.1) is 24.7 Å². The first kappa shape index (κ1) is 23.4. The van der Waals surface area contributed by atoms with Crippen LogP contribution >= 0.6 is 0 Å². The van der Waals surface area contributed by atoms with Crippen molar-refractivity contribution in [2.75, 3.05) is 33.6 Å². The summed E-state index contributed by atoms with van der Waals surface area (Å²) < 4.78 is 35.9. The first-order valence-corrected chi connectivity index (χ1v) is 10.6. The average Bonchev–Trinajstić information content (AvgIpc) is 2.72. The van der Waals surface area contributed by atoms with Gasteiger partial charge in [-0.15, -0.1) is 0 Å². The topological polar surface area (TPSA) is 102 Å². The molecule has 0 unspecified atom stereocenters. The molecule has 0 aliphatic carbocycles. The van der Waals surface area contributed by atoms with Gasteiger partial charge in [0.1, 0.15) is 5.75 Å². The van der Waals surface area contributed by atoms with E-state index in [0.717, 1.165) is 9.87 Å². The molecule has 8 nitrogen and oxygen atoms in total. The fourth-order valence-corrected chi connectivity index (χ4v) is 3.74. The first-order chi connectivity index (χ1) is 14.1. The maximum absolute atomic E-state index is 12.5. The van der Waals surface area contributed by atoms with Gasteiger partial charge in [0.25, 0.3) is 0 Å². The molecule has 0 saturated carbocycles.